The van der Waals surface area contributed by atoms with E-state index in [2.05, 4.69) is 37.0 Å². The number of aromatic nitrogens is 4. The van der Waals surface area contributed by atoms with E-state index in [1.54, 1.807) is 33.3 Å². The maximum Gasteiger partial charge on any atom is 0.433 e. The van der Waals surface area contributed by atoms with Crippen LogP contribution in [0.15, 0.2) is 23.2 Å². The van der Waals surface area contributed by atoms with Gasteiger partial charge in [0.15, 0.2) is 23.1 Å². The number of ether oxygens (including phenoxy) is 3. The number of aliphatic imine (C=N–C) groups is 1. The van der Waals surface area contributed by atoms with E-state index in [0.29, 0.717) is 40.7 Å². The topological polar surface area (TPSA) is 104 Å². The van der Waals surface area contributed by atoms with Crippen molar-refractivity contribution in [2.75, 3.05) is 26.1 Å². The van der Waals surface area contributed by atoms with Crippen LogP contribution in [0.25, 0.3) is 10.9 Å². The number of hydrogen-bond acceptors (Lipinski definition) is 9. The van der Waals surface area contributed by atoms with Gasteiger partial charge in [0.2, 0.25) is 0 Å². The number of benzene rings is 1. The summed E-state index contributed by atoms with van der Waals surface area (Å²) in [6, 6.07) is 4.25. The van der Waals surface area contributed by atoms with Crippen LogP contribution in [0.1, 0.15) is 37.1 Å². The smallest absolute Gasteiger partial charge is 0.433 e. The van der Waals surface area contributed by atoms with Crippen LogP contribution in [-0.2, 0) is 17.5 Å². The van der Waals surface area contributed by atoms with Crippen molar-refractivity contribution in [1.29, 1.82) is 0 Å². The van der Waals surface area contributed by atoms with Crippen molar-refractivity contribution in [1.82, 2.24) is 19.9 Å². The lowest BCUT2D eigenvalue weighted by molar-refractivity contribution is -0.141. The van der Waals surface area contributed by atoms with Gasteiger partial charge in [0.25, 0.3) is 0 Å². The maximum absolute atomic E-state index is 13.2. The van der Waals surface area contributed by atoms with E-state index in [0.717, 1.165) is 18.9 Å². The summed E-state index contributed by atoms with van der Waals surface area (Å²) in [5, 5.41) is 3.64. The molecule has 0 amide bonds. The number of alkyl halides is 3. The third kappa shape index (κ3) is 5.32. The lowest BCUT2D eigenvalue weighted by Crippen LogP contribution is -2.29. The molecule has 1 N–H and O–H groups in total. The first-order chi connectivity index (χ1) is 17.1. The molecule has 1 atom stereocenters. The zero-order valence-corrected chi connectivity index (χ0v) is 20.4. The fourth-order valence-electron chi connectivity index (χ4n) is 4.02. The Hall–Kier alpha value is -3.54. The van der Waals surface area contributed by atoms with E-state index >= 15 is 0 Å². The summed E-state index contributed by atoms with van der Waals surface area (Å²) in [7, 11) is 3.22. The molecule has 9 nitrogen and oxygen atoms in total. The Morgan fingerprint density at radius 3 is 2.47 bits per heavy atom. The highest BCUT2D eigenvalue weighted by Gasteiger charge is 2.49. The molecule has 0 saturated heterocycles. The van der Waals surface area contributed by atoms with Gasteiger partial charge in [0, 0.05) is 30.0 Å². The maximum atomic E-state index is 13.2. The fraction of sp³-hybridized carbons (Fsp3) is 0.458. The zero-order valence-electron chi connectivity index (χ0n) is 20.4. The average Bonchev–Trinajstić information content (AvgIpc) is 3.62. The van der Waals surface area contributed by atoms with Gasteiger partial charge < -0.3 is 19.5 Å². The second kappa shape index (κ2) is 9.84. The Morgan fingerprint density at radius 1 is 1.11 bits per heavy atom. The van der Waals surface area contributed by atoms with Crippen molar-refractivity contribution >= 4 is 29.3 Å². The molecule has 1 saturated carbocycles. The van der Waals surface area contributed by atoms with Gasteiger partial charge in [-0.3, -0.25) is 0 Å². The molecule has 3 aromatic rings. The third-order valence-corrected chi connectivity index (χ3v) is 6.21. The number of methoxy groups -OCH3 is 2. The van der Waals surface area contributed by atoms with Gasteiger partial charge in [-0.25, -0.2) is 24.9 Å². The van der Waals surface area contributed by atoms with Gasteiger partial charge in [-0.1, -0.05) is 0 Å². The summed E-state index contributed by atoms with van der Waals surface area (Å²) in [6.45, 7) is 7.44. The molecule has 0 aliphatic heterocycles. The standard InChI is InChI=1S/C24H27F3N6O3/c1-13(23(6-7-23)12-34-4)36-18-8-15-16(9-17(18)35-5)30-14(2)31-22(15)29-11-21-32-19(24(25,26)27)10-20(28-3)33-21/h8-10,13H,3,6-7,11-12H2,1-2,4-5H3,(H,29,30,31). The molecule has 0 spiro atoms. The van der Waals surface area contributed by atoms with Gasteiger partial charge in [0.1, 0.15) is 23.4 Å². The number of nitrogens with one attached hydrogen (secondary N) is 1. The molecular formula is C24H27F3N6O3. The van der Waals surface area contributed by atoms with E-state index in [1.807, 2.05) is 6.92 Å². The third-order valence-electron chi connectivity index (χ3n) is 6.21. The Kier molecular flexibility index (Phi) is 6.98. The Balaban J connectivity index is 1.67. The van der Waals surface area contributed by atoms with Crippen molar-refractivity contribution in [2.24, 2.45) is 10.4 Å². The van der Waals surface area contributed by atoms with E-state index < -0.39 is 11.9 Å². The van der Waals surface area contributed by atoms with Crippen LogP contribution in [0, 0.1) is 12.3 Å². The summed E-state index contributed by atoms with van der Waals surface area (Å²) in [5.74, 6) is 1.59. The monoisotopic (exact) mass is 504 g/mol. The minimum absolute atomic E-state index is 0.0443. The quantitative estimate of drug-likeness (QED) is 0.389. The fourth-order valence-corrected chi connectivity index (χ4v) is 4.02. The first-order valence-electron chi connectivity index (χ1n) is 11.3. The number of hydrogen-bond donors (Lipinski definition) is 1. The van der Waals surface area contributed by atoms with Crippen molar-refractivity contribution < 1.29 is 27.4 Å². The number of anilines is 1. The molecule has 2 aromatic heterocycles. The number of rotatable bonds is 10. The first kappa shape index (κ1) is 25.5. The van der Waals surface area contributed by atoms with Crippen LogP contribution in [0.3, 0.4) is 0 Å². The summed E-state index contributed by atoms with van der Waals surface area (Å²) < 4.78 is 56.9. The second-order valence-electron chi connectivity index (χ2n) is 8.73. The van der Waals surface area contributed by atoms with Crippen LogP contribution >= 0.6 is 0 Å². The summed E-state index contributed by atoms with van der Waals surface area (Å²) in [6.07, 6.45) is -2.76. The molecule has 0 radical (unpaired) electrons. The number of aryl methyl sites for hydroxylation is 1. The molecule has 2 heterocycles. The molecule has 1 aromatic carbocycles. The SMILES string of the molecule is C=Nc1cc(C(F)(F)F)nc(CNc2nc(C)nc3cc(OC)c(OC(C)C4(COC)CC4)cc23)n1. The average molecular weight is 505 g/mol. The molecule has 192 valence electrons. The Bertz CT molecular complexity index is 1280. The largest absolute Gasteiger partial charge is 0.493 e. The zero-order chi connectivity index (χ0) is 26.1. The summed E-state index contributed by atoms with van der Waals surface area (Å²) in [4.78, 5) is 20.1. The minimum atomic E-state index is -4.64. The lowest BCUT2D eigenvalue weighted by Gasteiger charge is -2.25. The molecule has 1 fully saturated rings. The highest BCUT2D eigenvalue weighted by molar-refractivity contribution is 5.91. The molecule has 0 bridgehead atoms. The van der Waals surface area contributed by atoms with Crippen molar-refractivity contribution in [2.45, 2.75) is 45.5 Å². The van der Waals surface area contributed by atoms with Gasteiger partial charge in [-0.05, 0) is 39.5 Å². The highest BCUT2D eigenvalue weighted by atomic mass is 19.4. The molecule has 1 aliphatic carbocycles. The van der Waals surface area contributed by atoms with E-state index in [-0.39, 0.29) is 29.7 Å². The lowest BCUT2D eigenvalue weighted by atomic mass is 10.0. The van der Waals surface area contributed by atoms with Crippen LogP contribution in [-0.4, -0.2) is 53.6 Å². The van der Waals surface area contributed by atoms with Gasteiger partial charge in [0.05, 0.1) is 25.8 Å². The number of fused-ring (bicyclic) bond motifs is 1. The predicted octanol–water partition coefficient (Wildman–Crippen LogP) is 4.89. The molecule has 1 aliphatic rings. The highest BCUT2D eigenvalue weighted by Crippen LogP contribution is 2.50. The van der Waals surface area contributed by atoms with Crippen LogP contribution in [0.2, 0.25) is 0 Å². The van der Waals surface area contributed by atoms with Crippen LogP contribution in [0.5, 0.6) is 11.5 Å². The van der Waals surface area contributed by atoms with Crippen LogP contribution < -0.4 is 14.8 Å². The first-order valence-corrected chi connectivity index (χ1v) is 11.3. The molecule has 4 rings (SSSR count). The number of halogens is 3. The summed E-state index contributed by atoms with van der Waals surface area (Å²) in [5.41, 5.74) is -0.560. The van der Waals surface area contributed by atoms with Gasteiger partial charge >= 0.3 is 6.18 Å². The van der Waals surface area contributed by atoms with Crippen molar-refractivity contribution in [3.63, 3.8) is 0 Å². The predicted molar refractivity (Wildman–Crippen MR) is 128 cm³/mol. The Morgan fingerprint density at radius 2 is 1.86 bits per heavy atom. The van der Waals surface area contributed by atoms with Crippen LogP contribution in [0.4, 0.5) is 24.8 Å². The van der Waals surface area contributed by atoms with Crippen molar-refractivity contribution in [3.05, 3.63) is 35.5 Å². The van der Waals surface area contributed by atoms with E-state index in [4.69, 9.17) is 14.2 Å². The normalized spacial score (nSPS) is 15.4. The molecule has 36 heavy (non-hydrogen) atoms. The second-order valence-corrected chi connectivity index (χ2v) is 8.73. The van der Waals surface area contributed by atoms with E-state index in [1.165, 1.54) is 0 Å². The van der Waals surface area contributed by atoms with Gasteiger partial charge in [-0.2, -0.15) is 13.2 Å². The molecular weight excluding hydrogens is 477 g/mol. The molecule has 12 heteroatoms. The summed E-state index contributed by atoms with van der Waals surface area (Å²) >= 11 is 0. The molecule has 1 unspecified atom stereocenters. The Labute approximate surface area is 206 Å². The minimum Gasteiger partial charge on any atom is -0.493 e. The van der Waals surface area contributed by atoms with E-state index in [9.17, 15) is 13.2 Å². The van der Waals surface area contributed by atoms with Crippen molar-refractivity contribution in [3.8, 4) is 11.5 Å². The number of nitrogens with zero attached hydrogens (tertiary/aromatic N) is 5. The van der Waals surface area contributed by atoms with Gasteiger partial charge in [-0.15, -0.1) is 0 Å².